The van der Waals surface area contributed by atoms with E-state index in [4.69, 9.17) is 5.11 Å². The molecule has 0 saturated carbocycles. The van der Waals surface area contributed by atoms with Gasteiger partial charge in [-0.25, -0.2) is 0 Å². The molecule has 0 spiro atoms. The van der Waals surface area contributed by atoms with Crippen molar-refractivity contribution in [3.05, 3.63) is 80.8 Å². The standard InChI is InChI=1S/C24H23BrO3/c1-14(2)16-6-10-20-19(12-13-22(26)27)15(3)23(21(20)11-7-16)24(28)17-4-8-18(25)9-5-17/h4-11,14H,12-13H2,1-3H3,(H,26,27). The van der Waals surface area contributed by atoms with Crippen LogP contribution in [0.2, 0.25) is 0 Å². The molecule has 1 N–H and O–H groups in total. The highest BCUT2D eigenvalue weighted by atomic mass is 79.9. The molecule has 2 aliphatic carbocycles. The summed E-state index contributed by atoms with van der Waals surface area (Å²) in [5.41, 5.74) is 6.15. The van der Waals surface area contributed by atoms with Crippen LogP contribution in [0.3, 0.4) is 0 Å². The first-order valence-corrected chi connectivity index (χ1v) is 10.2. The summed E-state index contributed by atoms with van der Waals surface area (Å²) in [7, 11) is 0. The zero-order valence-corrected chi connectivity index (χ0v) is 17.8. The fraction of sp³-hybridized carbons (Fsp3) is 0.250. The number of ketones is 1. The number of carboxylic acids is 1. The number of carboxylic acid groups (broad SMARTS) is 1. The van der Waals surface area contributed by atoms with E-state index in [-0.39, 0.29) is 12.2 Å². The highest BCUT2D eigenvalue weighted by molar-refractivity contribution is 9.10. The van der Waals surface area contributed by atoms with Gasteiger partial charge in [-0.1, -0.05) is 54.0 Å². The summed E-state index contributed by atoms with van der Waals surface area (Å²) < 4.78 is 0.920. The molecular weight excluding hydrogens is 416 g/mol. The molecule has 0 unspecified atom stereocenters. The number of fused-ring (bicyclic) bond motifs is 1. The zero-order chi connectivity index (χ0) is 20.4. The monoisotopic (exact) mass is 438 g/mol. The Hall–Kier alpha value is -2.46. The van der Waals surface area contributed by atoms with Gasteiger partial charge in [0.2, 0.25) is 0 Å². The smallest absolute Gasteiger partial charge is 0.303 e. The molecule has 0 heterocycles. The lowest BCUT2D eigenvalue weighted by Gasteiger charge is -2.04. The van der Waals surface area contributed by atoms with Gasteiger partial charge in [0.1, 0.15) is 0 Å². The lowest BCUT2D eigenvalue weighted by Crippen LogP contribution is -2.03. The Labute approximate surface area is 173 Å². The molecule has 3 rings (SSSR count). The van der Waals surface area contributed by atoms with Crippen LogP contribution in [0.4, 0.5) is 0 Å². The summed E-state index contributed by atoms with van der Waals surface area (Å²) in [4.78, 5) is 24.5. The summed E-state index contributed by atoms with van der Waals surface area (Å²) in [6.07, 6.45) is 0.452. The van der Waals surface area contributed by atoms with Gasteiger partial charge in [-0.3, -0.25) is 9.59 Å². The molecule has 4 heteroatoms. The van der Waals surface area contributed by atoms with Crippen LogP contribution in [-0.2, 0) is 11.2 Å². The number of benzene rings is 1. The molecule has 0 aliphatic heterocycles. The van der Waals surface area contributed by atoms with E-state index in [1.165, 1.54) is 5.56 Å². The van der Waals surface area contributed by atoms with Crippen LogP contribution >= 0.6 is 15.9 Å². The molecule has 144 valence electrons. The van der Waals surface area contributed by atoms with E-state index in [9.17, 15) is 9.59 Å². The minimum atomic E-state index is -0.835. The SMILES string of the molecule is Cc1c(CCC(=O)O)c2ccc(C(C)C)ccc-2c1C(=O)c1ccc(Br)cc1. The predicted octanol–water partition coefficient (Wildman–Crippen LogP) is 6.23. The maximum Gasteiger partial charge on any atom is 0.303 e. The van der Waals surface area contributed by atoms with Crippen molar-refractivity contribution in [1.82, 2.24) is 0 Å². The minimum absolute atomic E-state index is 0.0335. The van der Waals surface area contributed by atoms with Gasteiger partial charge in [0.15, 0.2) is 5.78 Å². The maximum absolute atomic E-state index is 13.3. The maximum atomic E-state index is 13.3. The number of rotatable bonds is 6. The number of carbonyl (C=O) groups is 2. The lowest BCUT2D eigenvalue weighted by atomic mass is 9.98. The molecule has 0 amide bonds. The van der Waals surface area contributed by atoms with E-state index < -0.39 is 5.97 Å². The fourth-order valence-electron chi connectivity index (χ4n) is 3.61. The first-order chi connectivity index (χ1) is 13.3. The number of halogens is 1. The molecule has 3 nitrogen and oxygen atoms in total. The molecule has 0 saturated heterocycles. The molecular formula is C24H23BrO3. The molecule has 28 heavy (non-hydrogen) atoms. The van der Waals surface area contributed by atoms with Crippen LogP contribution in [0.15, 0.2) is 53.0 Å². The molecule has 0 bridgehead atoms. The molecule has 0 aromatic heterocycles. The van der Waals surface area contributed by atoms with E-state index in [0.29, 0.717) is 23.5 Å². The Morgan fingerprint density at radius 3 is 2.14 bits per heavy atom. The van der Waals surface area contributed by atoms with Crippen molar-refractivity contribution in [3.8, 4) is 11.1 Å². The van der Waals surface area contributed by atoms with Crippen LogP contribution in [0, 0.1) is 6.92 Å². The van der Waals surface area contributed by atoms with E-state index in [0.717, 1.165) is 26.7 Å². The first kappa shape index (κ1) is 20.3. The quantitative estimate of drug-likeness (QED) is 0.463. The van der Waals surface area contributed by atoms with Gasteiger partial charge >= 0.3 is 5.97 Å². The van der Waals surface area contributed by atoms with Crippen molar-refractivity contribution in [3.63, 3.8) is 0 Å². The molecule has 0 fully saturated rings. The van der Waals surface area contributed by atoms with E-state index >= 15 is 0 Å². The van der Waals surface area contributed by atoms with Gasteiger partial charge < -0.3 is 5.11 Å². The van der Waals surface area contributed by atoms with Gasteiger partial charge in [0.05, 0.1) is 0 Å². The number of carbonyl (C=O) groups excluding carboxylic acids is 1. The lowest BCUT2D eigenvalue weighted by molar-refractivity contribution is -0.136. The second-order valence-electron chi connectivity index (χ2n) is 7.36. The van der Waals surface area contributed by atoms with Crippen LogP contribution in [0.5, 0.6) is 0 Å². The van der Waals surface area contributed by atoms with Gasteiger partial charge in [0.25, 0.3) is 0 Å². The minimum Gasteiger partial charge on any atom is -0.481 e. The Bertz CT molecular complexity index is 1000. The second-order valence-corrected chi connectivity index (χ2v) is 8.27. The van der Waals surface area contributed by atoms with Crippen molar-refractivity contribution in [2.45, 2.75) is 39.5 Å². The van der Waals surface area contributed by atoms with Gasteiger partial charge in [-0.2, -0.15) is 0 Å². The Morgan fingerprint density at radius 2 is 1.57 bits per heavy atom. The molecule has 0 atom stereocenters. The third kappa shape index (κ3) is 4.02. The molecule has 1 aromatic rings. The highest BCUT2D eigenvalue weighted by Gasteiger charge is 2.25. The normalized spacial score (nSPS) is 11.2. The summed E-state index contributed by atoms with van der Waals surface area (Å²) in [5.74, 6) is -0.503. The molecule has 2 aliphatic rings. The topological polar surface area (TPSA) is 54.4 Å². The molecule has 1 aromatic carbocycles. The van der Waals surface area contributed by atoms with Crippen molar-refractivity contribution < 1.29 is 14.7 Å². The van der Waals surface area contributed by atoms with E-state index in [1.54, 1.807) is 0 Å². The van der Waals surface area contributed by atoms with E-state index in [1.807, 2.05) is 43.3 Å². The van der Waals surface area contributed by atoms with Gasteiger partial charge in [0, 0.05) is 22.0 Å². The summed E-state index contributed by atoms with van der Waals surface area (Å²) in [5, 5.41) is 9.15. The Balaban J connectivity index is 2.20. The average molecular weight is 439 g/mol. The predicted molar refractivity (Wildman–Crippen MR) is 115 cm³/mol. The largest absolute Gasteiger partial charge is 0.481 e. The Kier molecular flexibility index (Phi) is 5.99. The first-order valence-electron chi connectivity index (χ1n) is 9.36. The zero-order valence-electron chi connectivity index (χ0n) is 16.3. The summed E-state index contributed by atoms with van der Waals surface area (Å²) >= 11 is 3.40. The van der Waals surface area contributed by atoms with Crippen LogP contribution < -0.4 is 0 Å². The summed E-state index contributed by atoms with van der Waals surface area (Å²) in [6.45, 7) is 6.18. The fourth-order valence-corrected chi connectivity index (χ4v) is 3.87. The van der Waals surface area contributed by atoms with Crippen molar-refractivity contribution in [2.24, 2.45) is 0 Å². The number of hydrogen-bond acceptors (Lipinski definition) is 2. The van der Waals surface area contributed by atoms with Crippen molar-refractivity contribution in [2.75, 3.05) is 0 Å². The van der Waals surface area contributed by atoms with Gasteiger partial charge in [-0.15, -0.1) is 0 Å². The average Bonchev–Trinajstić information content (AvgIpc) is 2.78. The van der Waals surface area contributed by atoms with Crippen molar-refractivity contribution >= 4 is 27.7 Å². The van der Waals surface area contributed by atoms with Crippen molar-refractivity contribution in [1.29, 1.82) is 0 Å². The van der Waals surface area contributed by atoms with Crippen LogP contribution in [0.1, 0.15) is 58.8 Å². The number of hydrogen-bond donors (Lipinski definition) is 1. The highest BCUT2D eigenvalue weighted by Crippen LogP contribution is 2.39. The Morgan fingerprint density at radius 1 is 0.964 bits per heavy atom. The third-order valence-electron chi connectivity index (χ3n) is 5.19. The summed E-state index contributed by atoms with van der Waals surface area (Å²) in [6, 6.07) is 15.5. The van der Waals surface area contributed by atoms with Crippen LogP contribution in [-0.4, -0.2) is 16.9 Å². The van der Waals surface area contributed by atoms with E-state index in [2.05, 4.69) is 41.9 Å². The second kappa shape index (κ2) is 8.27. The molecule has 0 radical (unpaired) electrons. The van der Waals surface area contributed by atoms with Gasteiger partial charge in [-0.05, 0) is 71.3 Å². The number of aliphatic carboxylic acids is 1. The van der Waals surface area contributed by atoms with Crippen LogP contribution in [0.25, 0.3) is 11.1 Å². The third-order valence-corrected chi connectivity index (χ3v) is 5.71.